The number of benzene rings is 1. The van der Waals surface area contributed by atoms with Gasteiger partial charge in [-0.05, 0) is 38.7 Å². The molecule has 0 radical (unpaired) electrons. The van der Waals surface area contributed by atoms with E-state index in [1.807, 2.05) is 12.1 Å². The molecule has 1 aliphatic rings. The molecule has 0 amide bonds. The van der Waals surface area contributed by atoms with Crippen LogP contribution in [-0.2, 0) is 6.42 Å². The van der Waals surface area contributed by atoms with Crippen molar-refractivity contribution in [1.82, 2.24) is 4.90 Å². The highest BCUT2D eigenvalue weighted by molar-refractivity contribution is 5.32. The molecule has 0 atom stereocenters. The fourth-order valence-electron chi connectivity index (χ4n) is 3.14. The van der Waals surface area contributed by atoms with Crippen LogP contribution in [0.4, 0.5) is 5.69 Å². The van der Waals surface area contributed by atoms with Gasteiger partial charge in [0.05, 0.1) is 4.92 Å². The molecule has 1 saturated carbocycles. The number of hydrogen-bond donors (Lipinski definition) is 0. The molecule has 0 bridgehead atoms. The minimum Gasteiger partial charge on any atom is -0.298 e. The summed E-state index contributed by atoms with van der Waals surface area (Å²) in [5.74, 6) is 0. The molecule has 2 rings (SSSR count). The highest BCUT2D eigenvalue weighted by atomic mass is 16.6. The Morgan fingerprint density at radius 1 is 1.25 bits per heavy atom. The zero-order chi connectivity index (χ0) is 14.5. The van der Waals surface area contributed by atoms with E-state index in [9.17, 15) is 10.1 Å². The lowest BCUT2D eigenvalue weighted by Gasteiger charge is -2.32. The van der Waals surface area contributed by atoms with Crippen LogP contribution in [-0.4, -0.2) is 28.5 Å². The van der Waals surface area contributed by atoms with Crippen LogP contribution in [0.25, 0.3) is 0 Å². The van der Waals surface area contributed by atoms with Gasteiger partial charge in [-0.15, -0.1) is 0 Å². The number of non-ortho nitro benzene ring substituents is 1. The summed E-state index contributed by atoms with van der Waals surface area (Å²) in [5, 5.41) is 10.6. The maximum absolute atomic E-state index is 10.6. The lowest BCUT2D eigenvalue weighted by atomic mass is 10.1. The van der Waals surface area contributed by atoms with E-state index in [0.717, 1.165) is 19.0 Å². The zero-order valence-electron chi connectivity index (χ0n) is 12.4. The molecule has 0 aliphatic heterocycles. The summed E-state index contributed by atoms with van der Waals surface area (Å²) < 4.78 is 0. The first kappa shape index (κ1) is 15.0. The van der Waals surface area contributed by atoms with Crippen LogP contribution in [0.1, 0.15) is 45.1 Å². The highest BCUT2D eigenvalue weighted by Crippen LogP contribution is 2.25. The van der Waals surface area contributed by atoms with Crippen molar-refractivity contribution in [1.29, 1.82) is 0 Å². The van der Waals surface area contributed by atoms with E-state index in [1.54, 1.807) is 12.1 Å². The van der Waals surface area contributed by atoms with Gasteiger partial charge in [0.15, 0.2) is 0 Å². The molecular formula is C16H24N2O2. The van der Waals surface area contributed by atoms with E-state index in [0.29, 0.717) is 6.04 Å². The predicted octanol–water partition coefficient (Wildman–Crippen LogP) is 3.79. The van der Waals surface area contributed by atoms with Crippen molar-refractivity contribution in [2.24, 2.45) is 0 Å². The third-order valence-corrected chi connectivity index (χ3v) is 4.26. The van der Waals surface area contributed by atoms with Crippen LogP contribution in [0.5, 0.6) is 0 Å². The summed E-state index contributed by atoms with van der Waals surface area (Å²) in [6.45, 7) is 5.56. The molecule has 0 unspecified atom stereocenters. The van der Waals surface area contributed by atoms with Crippen LogP contribution in [0.15, 0.2) is 24.3 Å². The second kappa shape index (κ2) is 6.84. The summed E-state index contributed by atoms with van der Waals surface area (Å²) >= 11 is 0. The van der Waals surface area contributed by atoms with Gasteiger partial charge in [0.2, 0.25) is 0 Å². The van der Waals surface area contributed by atoms with Crippen LogP contribution >= 0.6 is 0 Å². The van der Waals surface area contributed by atoms with Gasteiger partial charge in [0.25, 0.3) is 5.69 Å². The number of nitro benzene ring substituents is 1. The summed E-state index contributed by atoms with van der Waals surface area (Å²) in [7, 11) is 0. The van der Waals surface area contributed by atoms with E-state index in [4.69, 9.17) is 0 Å². The fourth-order valence-corrected chi connectivity index (χ4v) is 3.14. The fraction of sp³-hybridized carbons (Fsp3) is 0.625. The van der Waals surface area contributed by atoms with Crippen molar-refractivity contribution >= 4 is 5.69 Å². The second-order valence-corrected chi connectivity index (χ2v) is 5.94. The Balaban J connectivity index is 1.93. The first-order valence-corrected chi connectivity index (χ1v) is 7.57. The first-order valence-electron chi connectivity index (χ1n) is 7.57. The minimum absolute atomic E-state index is 0.172. The van der Waals surface area contributed by atoms with Gasteiger partial charge in [-0.3, -0.25) is 15.0 Å². The van der Waals surface area contributed by atoms with Crippen molar-refractivity contribution in [3.05, 3.63) is 39.9 Å². The van der Waals surface area contributed by atoms with Crippen LogP contribution < -0.4 is 0 Å². The molecule has 4 heteroatoms. The van der Waals surface area contributed by atoms with E-state index in [1.165, 1.54) is 31.2 Å². The quantitative estimate of drug-likeness (QED) is 0.586. The van der Waals surface area contributed by atoms with Crippen molar-refractivity contribution < 1.29 is 4.92 Å². The molecule has 1 aliphatic carbocycles. The Labute approximate surface area is 120 Å². The minimum atomic E-state index is -0.345. The largest absolute Gasteiger partial charge is 0.298 e. The lowest BCUT2D eigenvalue weighted by molar-refractivity contribution is -0.384. The Bertz CT molecular complexity index is 436. The summed E-state index contributed by atoms with van der Waals surface area (Å²) in [6.07, 6.45) is 6.31. The number of nitrogens with zero attached hydrogens (tertiary/aromatic N) is 2. The Morgan fingerprint density at radius 2 is 1.85 bits per heavy atom. The van der Waals surface area contributed by atoms with E-state index in [-0.39, 0.29) is 10.6 Å². The van der Waals surface area contributed by atoms with Gasteiger partial charge in [-0.25, -0.2) is 0 Å². The van der Waals surface area contributed by atoms with Gasteiger partial charge in [0, 0.05) is 30.8 Å². The first-order chi connectivity index (χ1) is 9.58. The molecule has 0 saturated heterocycles. The number of nitro groups is 1. The second-order valence-electron chi connectivity index (χ2n) is 5.94. The van der Waals surface area contributed by atoms with Gasteiger partial charge in [-0.2, -0.15) is 0 Å². The molecule has 0 aromatic heterocycles. The van der Waals surface area contributed by atoms with Gasteiger partial charge >= 0.3 is 0 Å². The van der Waals surface area contributed by atoms with Crippen molar-refractivity contribution in [3.63, 3.8) is 0 Å². The number of hydrogen-bond acceptors (Lipinski definition) is 3. The third-order valence-electron chi connectivity index (χ3n) is 4.26. The Morgan fingerprint density at radius 3 is 2.35 bits per heavy atom. The van der Waals surface area contributed by atoms with E-state index < -0.39 is 0 Å². The van der Waals surface area contributed by atoms with E-state index in [2.05, 4.69) is 18.7 Å². The maximum Gasteiger partial charge on any atom is 0.269 e. The molecule has 0 heterocycles. The molecular weight excluding hydrogens is 252 g/mol. The average Bonchev–Trinajstić information content (AvgIpc) is 2.93. The molecule has 1 fully saturated rings. The lowest BCUT2D eigenvalue weighted by Crippen LogP contribution is -2.40. The monoisotopic (exact) mass is 276 g/mol. The zero-order valence-corrected chi connectivity index (χ0v) is 12.4. The summed E-state index contributed by atoms with van der Waals surface area (Å²) in [5.41, 5.74) is 1.35. The van der Waals surface area contributed by atoms with Gasteiger partial charge < -0.3 is 0 Å². The van der Waals surface area contributed by atoms with Gasteiger partial charge in [-0.1, -0.05) is 25.0 Å². The average molecular weight is 276 g/mol. The third kappa shape index (κ3) is 3.79. The van der Waals surface area contributed by atoms with Crippen molar-refractivity contribution in [2.45, 2.75) is 58.0 Å². The van der Waals surface area contributed by atoms with E-state index >= 15 is 0 Å². The van der Waals surface area contributed by atoms with Crippen molar-refractivity contribution in [2.75, 3.05) is 6.54 Å². The topological polar surface area (TPSA) is 46.4 Å². The normalized spacial score (nSPS) is 16.2. The standard InChI is InChI=1S/C16H24N2O2/c1-13(2)17(15-5-3-4-6-15)12-11-14-7-9-16(10-8-14)18(19)20/h7-10,13,15H,3-6,11-12H2,1-2H3. The summed E-state index contributed by atoms with van der Waals surface area (Å²) in [6, 6.07) is 8.26. The van der Waals surface area contributed by atoms with Crippen LogP contribution in [0.3, 0.4) is 0 Å². The Hall–Kier alpha value is -1.42. The highest BCUT2D eigenvalue weighted by Gasteiger charge is 2.24. The predicted molar refractivity (Wildman–Crippen MR) is 80.9 cm³/mol. The van der Waals surface area contributed by atoms with Crippen LogP contribution in [0, 0.1) is 10.1 Å². The molecule has 110 valence electrons. The Kier molecular flexibility index (Phi) is 5.12. The number of rotatable bonds is 6. The molecule has 0 spiro atoms. The smallest absolute Gasteiger partial charge is 0.269 e. The molecule has 1 aromatic rings. The molecule has 20 heavy (non-hydrogen) atoms. The van der Waals surface area contributed by atoms with Gasteiger partial charge in [0.1, 0.15) is 0 Å². The molecule has 1 aromatic carbocycles. The van der Waals surface area contributed by atoms with Crippen molar-refractivity contribution in [3.8, 4) is 0 Å². The van der Waals surface area contributed by atoms with Crippen LogP contribution in [0.2, 0.25) is 0 Å². The molecule has 4 nitrogen and oxygen atoms in total. The summed E-state index contributed by atoms with van der Waals surface area (Å²) in [4.78, 5) is 12.9. The molecule has 0 N–H and O–H groups in total. The SMILES string of the molecule is CC(C)N(CCc1ccc([N+](=O)[O-])cc1)C1CCCC1. The maximum atomic E-state index is 10.6.